The summed E-state index contributed by atoms with van der Waals surface area (Å²) in [6, 6.07) is 13.6. The van der Waals surface area contributed by atoms with Crippen molar-refractivity contribution in [2.45, 2.75) is 44.9 Å². The molecule has 3 heteroatoms. The molecule has 0 fully saturated rings. The number of rotatable bonds is 4. The monoisotopic (exact) mass is 348 g/mol. The maximum absolute atomic E-state index is 10.7. The van der Waals surface area contributed by atoms with Crippen LogP contribution in [0.4, 0.5) is 0 Å². The zero-order chi connectivity index (χ0) is 18.6. The molecule has 3 nitrogen and oxygen atoms in total. The van der Waals surface area contributed by atoms with Gasteiger partial charge in [0.25, 0.3) is 0 Å². The van der Waals surface area contributed by atoms with E-state index in [0.29, 0.717) is 0 Å². The van der Waals surface area contributed by atoms with Crippen LogP contribution in [0.25, 0.3) is 0 Å². The maximum atomic E-state index is 10.7. The number of carboxylic acids is 1. The molecule has 0 saturated carbocycles. The van der Waals surface area contributed by atoms with Gasteiger partial charge in [-0.25, -0.2) is 0 Å². The molecule has 3 rings (SSSR count). The van der Waals surface area contributed by atoms with Crippen LogP contribution < -0.4 is 4.74 Å². The highest BCUT2D eigenvalue weighted by atomic mass is 16.5. The summed E-state index contributed by atoms with van der Waals surface area (Å²) in [5, 5.41) is 8.83. The molecule has 1 N–H and O–H groups in total. The van der Waals surface area contributed by atoms with Crippen molar-refractivity contribution < 1.29 is 14.6 Å². The Hall–Kier alpha value is -2.73. The van der Waals surface area contributed by atoms with E-state index >= 15 is 0 Å². The molecule has 0 spiro atoms. The Kier molecular flexibility index (Phi) is 5.32. The summed E-state index contributed by atoms with van der Waals surface area (Å²) in [5.41, 5.74) is 4.10. The van der Waals surface area contributed by atoms with Crippen molar-refractivity contribution in [3.8, 4) is 17.6 Å². The average molecular weight is 348 g/mol. The summed E-state index contributed by atoms with van der Waals surface area (Å²) in [6.45, 7) is 5.27. The highest BCUT2D eigenvalue weighted by Gasteiger charge is 2.34. The van der Waals surface area contributed by atoms with Gasteiger partial charge >= 0.3 is 5.97 Å². The highest BCUT2D eigenvalue weighted by molar-refractivity contribution is 5.70. The van der Waals surface area contributed by atoms with E-state index in [4.69, 9.17) is 9.84 Å². The molecule has 0 bridgehead atoms. The Morgan fingerprint density at radius 2 is 1.73 bits per heavy atom. The lowest BCUT2D eigenvalue weighted by Crippen LogP contribution is -2.31. The molecule has 0 atom stereocenters. The number of ether oxygens (including phenoxy) is 1. The Bertz CT molecular complexity index is 849. The summed E-state index contributed by atoms with van der Waals surface area (Å²) < 4.78 is 5.85. The van der Waals surface area contributed by atoms with E-state index in [9.17, 15) is 4.79 Å². The molecule has 1 aliphatic rings. The smallest absolute Gasteiger partial charge is 0.307 e. The summed E-state index contributed by atoms with van der Waals surface area (Å²) >= 11 is 0. The van der Waals surface area contributed by atoms with Gasteiger partial charge in [-0.15, -0.1) is 0 Å². The van der Waals surface area contributed by atoms with Crippen LogP contribution in [0.5, 0.6) is 5.75 Å². The topological polar surface area (TPSA) is 46.5 Å². The standard InChI is InChI=1S/C23H24O3/c1-3-23(4-2)13-14-26-21-12-11-18(15-20(21)23)8-5-17-6-9-19(10-7-17)16-22(24)25/h6-7,9-12,15H,3-4,13-14,16H2,1-2H3,(H,24,25). The molecule has 2 aromatic rings. The van der Waals surface area contributed by atoms with Crippen LogP contribution in [0.3, 0.4) is 0 Å². The Balaban J connectivity index is 1.86. The number of carbonyl (C=O) groups is 1. The van der Waals surface area contributed by atoms with Gasteiger partial charge in [0.05, 0.1) is 13.0 Å². The van der Waals surface area contributed by atoms with E-state index in [1.807, 2.05) is 36.4 Å². The van der Waals surface area contributed by atoms with Crippen LogP contribution in [0.1, 0.15) is 55.4 Å². The molecule has 134 valence electrons. The third-order valence-electron chi connectivity index (χ3n) is 5.40. The molecule has 0 unspecified atom stereocenters. The summed E-state index contributed by atoms with van der Waals surface area (Å²) in [5.74, 6) is 6.57. The number of fused-ring (bicyclic) bond motifs is 1. The Morgan fingerprint density at radius 1 is 1.08 bits per heavy atom. The third-order valence-corrected chi connectivity index (χ3v) is 5.40. The molecule has 2 aromatic carbocycles. The maximum Gasteiger partial charge on any atom is 0.307 e. The van der Waals surface area contributed by atoms with Gasteiger partial charge in [0.1, 0.15) is 5.75 Å². The van der Waals surface area contributed by atoms with Crippen LogP contribution in [-0.2, 0) is 16.6 Å². The van der Waals surface area contributed by atoms with Crippen LogP contribution in [0.2, 0.25) is 0 Å². The van der Waals surface area contributed by atoms with Crippen LogP contribution >= 0.6 is 0 Å². The minimum absolute atomic E-state index is 0.0364. The predicted molar refractivity (Wildman–Crippen MR) is 103 cm³/mol. The normalized spacial score (nSPS) is 14.5. The largest absolute Gasteiger partial charge is 0.493 e. The van der Waals surface area contributed by atoms with Gasteiger partial charge in [0, 0.05) is 22.1 Å². The molecule has 0 amide bonds. The second kappa shape index (κ2) is 7.66. The zero-order valence-corrected chi connectivity index (χ0v) is 15.3. The van der Waals surface area contributed by atoms with E-state index in [2.05, 4.69) is 31.8 Å². The Morgan fingerprint density at radius 3 is 2.38 bits per heavy atom. The van der Waals surface area contributed by atoms with Gasteiger partial charge in [0.15, 0.2) is 0 Å². The Labute approximate surface area is 155 Å². The number of hydrogen-bond donors (Lipinski definition) is 1. The van der Waals surface area contributed by atoms with Gasteiger partial charge in [0.2, 0.25) is 0 Å². The third kappa shape index (κ3) is 3.75. The first-order valence-corrected chi connectivity index (χ1v) is 9.16. The van der Waals surface area contributed by atoms with E-state index in [0.717, 1.165) is 48.3 Å². The highest BCUT2D eigenvalue weighted by Crippen LogP contribution is 2.43. The summed E-state index contributed by atoms with van der Waals surface area (Å²) in [4.78, 5) is 10.7. The predicted octanol–water partition coefficient (Wildman–Crippen LogP) is 4.55. The van der Waals surface area contributed by atoms with Crippen molar-refractivity contribution in [2.24, 2.45) is 0 Å². The second-order valence-corrected chi connectivity index (χ2v) is 6.81. The van der Waals surface area contributed by atoms with Gasteiger partial charge in [-0.05, 0) is 55.2 Å². The average Bonchev–Trinajstić information content (AvgIpc) is 2.66. The van der Waals surface area contributed by atoms with E-state index < -0.39 is 5.97 Å². The van der Waals surface area contributed by atoms with Crippen molar-refractivity contribution in [1.82, 2.24) is 0 Å². The quantitative estimate of drug-likeness (QED) is 0.824. The van der Waals surface area contributed by atoms with E-state index in [1.54, 1.807) is 0 Å². The number of aliphatic carboxylic acids is 1. The van der Waals surface area contributed by atoms with Crippen LogP contribution in [-0.4, -0.2) is 17.7 Å². The van der Waals surface area contributed by atoms with Crippen LogP contribution in [0, 0.1) is 11.8 Å². The number of carboxylic acid groups (broad SMARTS) is 1. The molecule has 0 radical (unpaired) electrons. The molecular formula is C23H24O3. The second-order valence-electron chi connectivity index (χ2n) is 6.81. The van der Waals surface area contributed by atoms with Crippen molar-refractivity contribution in [3.05, 3.63) is 64.7 Å². The fourth-order valence-electron chi connectivity index (χ4n) is 3.65. The molecule has 0 aromatic heterocycles. The van der Waals surface area contributed by atoms with E-state index in [1.165, 1.54) is 5.56 Å². The summed E-state index contributed by atoms with van der Waals surface area (Å²) in [7, 11) is 0. The first-order chi connectivity index (χ1) is 12.6. The van der Waals surface area contributed by atoms with Crippen molar-refractivity contribution in [1.29, 1.82) is 0 Å². The number of benzene rings is 2. The lowest BCUT2D eigenvalue weighted by atomic mass is 9.71. The van der Waals surface area contributed by atoms with Crippen LogP contribution in [0.15, 0.2) is 42.5 Å². The lowest BCUT2D eigenvalue weighted by molar-refractivity contribution is -0.136. The van der Waals surface area contributed by atoms with Crippen molar-refractivity contribution >= 4 is 5.97 Å². The SMILES string of the molecule is CCC1(CC)CCOc2ccc(C#Cc3ccc(CC(=O)O)cc3)cc21. The zero-order valence-electron chi connectivity index (χ0n) is 15.3. The van der Waals surface area contributed by atoms with E-state index in [-0.39, 0.29) is 11.8 Å². The fraction of sp³-hybridized carbons (Fsp3) is 0.348. The first kappa shape index (κ1) is 18.1. The lowest BCUT2D eigenvalue weighted by Gasteiger charge is -2.37. The first-order valence-electron chi connectivity index (χ1n) is 9.16. The summed E-state index contributed by atoms with van der Waals surface area (Å²) in [6.07, 6.45) is 3.28. The minimum Gasteiger partial charge on any atom is -0.493 e. The number of hydrogen-bond acceptors (Lipinski definition) is 2. The molecule has 0 saturated heterocycles. The van der Waals surface area contributed by atoms with Gasteiger partial charge < -0.3 is 9.84 Å². The molecule has 0 aliphatic carbocycles. The van der Waals surface area contributed by atoms with Gasteiger partial charge in [-0.2, -0.15) is 0 Å². The molecule has 26 heavy (non-hydrogen) atoms. The van der Waals surface area contributed by atoms with Gasteiger partial charge in [-0.3, -0.25) is 4.79 Å². The molecule has 1 aliphatic heterocycles. The molecule has 1 heterocycles. The van der Waals surface area contributed by atoms with Gasteiger partial charge in [-0.1, -0.05) is 37.8 Å². The van der Waals surface area contributed by atoms with Crippen molar-refractivity contribution in [3.63, 3.8) is 0 Å². The van der Waals surface area contributed by atoms with Crippen molar-refractivity contribution in [2.75, 3.05) is 6.61 Å². The molecular weight excluding hydrogens is 324 g/mol. The fourth-order valence-corrected chi connectivity index (χ4v) is 3.65. The minimum atomic E-state index is -0.824.